The fraction of sp³-hybridized carbons (Fsp3) is 0. The lowest BCUT2D eigenvalue weighted by Gasteiger charge is -1.95. The second-order valence-electron chi connectivity index (χ2n) is 3.98. The van der Waals surface area contributed by atoms with Crippen molar-refractivity contribution in [3.8, 4) is 16.5 Å². The summed E-state index contributed by atoms with van der Waals surface area (Å²) >= 11 is 7.69. The van der Waals surface area contributed by atoms with Gasteiger partial charge >= 0.3 is 0 Å². The van der Waals surface area contributed by atoms with Crippen LogP contribution in [0, 0.1) is 0 Å². The third kappa shape index (κ3) is 2.74. The number of phenols is 1. The molecule has 100 valence electrons. The predicted molar refractivity (Wildman–Crippen MR) is 79.4 cm³/mol. The van der Waals surface area contributed by atoms with Crippen LogP contribution in [0.3, 0.4) is 0 Å². The van der Waals surface area contributed by atoms with Gasteiger partial charge in [0.05, 0.1) is 4.88 Å². The van der Waals surface area contributed by atoms with Gasteiger partial charge in [0, 0.05) is 0 Å². The van der Waals surface area contributed by atoms with E-state index in [1.807, 2.05) is 17.5 Å². The minimum Gasteiger partial charge on any atom is -0.508 e. The summed E-state index contributed by atoms with van der Waals surface area (Å²) in [4.78, 5) is 5.17. The molecule has 0 saturated carbocycles. The van der Waals surface area contributed by atoms with Crippen molar-refractivity contribution in [1.82, 2.24) is 10.1 Å². The second kappa shape index (κ2) is 5.48. The van der Waals surface area contributed by atoms with Gasteiger partial charge in [0.2, 0.25) is 5.82 Å². The summed E-state index contributed by atoms with van der Waals surface area (Å²) in [6.07, 6.45) is 1.70. The summed E-state index contributed by atoms with van der Waals surface area (Å²) in [6, 6.07) is 10.5. The van der Waals surface area contributed by atoms with Crippen LogP contribution in [0.1, 0.15) is 11.5 Å². The number of aromatic hydroxyl groups is 1. The maximum atomic E-state index is 9.22. The Morgan fingerprint density at radius 2 is 2.05 bits per heavy atom. The average molecular weight is 305 g/mol. The first-order chi connectivity index (χ1) is 9.72. The molecule has 0 radical (unpaired) electrons. The van der Waals surface area contributed by atoms with Crippen LogP contribution in [0.4, 0.5) is 0 Å². The Labute approximate surface area is 124 Å². The van der Waals surface area contributed by atoms with Gasteiger partial charge in [-0.25, -0.2) is 0 Å². The van der Waals surface area contributed by atoms with Gasteiger partial charge in [0.1, 0.15) is 10.8 Å². The number of aromatic nitrogens is 2. The molecule has 2 aromatic heterocycles. The number of hydrogen-bond donors (Lipinski definition) is 1. The van der Waals surface area contributed by atoms with E-state index in [9.17, 15) is 5.11 Å². The number of thiophene rings is 1. The molecule has 0 aliphatic rings. The van der Waals surface area contributed by atoms with Crippen LogP contribution < -0.4 is 0 Å². The van der Waals surface area contributed by atoms with Gasteiger partial charge in [0.15, 0.2) is 0 Å². The highest BCUT2D eigenvalue weighted by molar-refractivity contribution is 7.13. The summed E-state index contributed by atoms with van der Waals surface area (Å²) in [6.45, 7) is 0. The van der Waals surface area contributed by atoms with Gasteiger partial charge < -0.3 is 9.63 Å². The Morgan fingerprint density at radius 1 is 1.25 bits per heavy atom. The smallest absolute Gasteiger partial charge is 0.269 e. The molecule has 0 unspecified atom stereocenters. The molecule has 20 heavy (non-hydrogen) atoms. The van der Waals surface area contributed by atoms with E-state index in [0.29, 0.717) is 10.9 Å². The van der Waals surface area contributed by atoms with Gasteiger partial charge in [-0.05, 0) is 35.2 Å². The Kier molecular flexibility index (Phi) is 3.54. The zero-order valence-corrected chi connectivity index (χ0v) is 11.7. The first kappa shape index (κ1) is 12.9. The summed E-state index contributed by atoms with van der Waals surface area (Å²) in [5, 5.41) is 15.4. The second-order valence-corrected chi connectivity index (χ2v) is 5.34. The van der Waals surface area contributed by atoms with Crippen molar-refractivity contribution in [2.24, 2.45) is 0 Å². The number of rotatable bonds is 3. The molecule has 0 bridgehead atoms. The van der Waals surface area contributed by atoms with Crippen molar-refractivity contribution in [2.75, 3.05) is 0 Å². The first-order valence-electron chi connectivity index (χ1n) is 5.76. The van der Waals surface area contributed by atoms with Crippen LogP contribution >= 0.6 is 22.9 Å². The molecule has 0 atom stereocenters. The largest absolute Gasteiger partial charge is 0.508 e. The highest BCUT2D eigenvalue weighted by Crippen LogP contribution is 2.26. The molecular weight excluding hydrogens is 296 g/mol. The molecule has 0 saturated heterocycles. The molecule has 4 nitrogen and oxygen atoms in total. The molecule has 1 N–H and O–H groups in total. The summed E-state index contributed by atoms with van der Waals surface area (Å²) in [7, 11) is 0. The molecule has 6 heteroatoms. The molecule has 2 heterocycles. The maximum absolute atomic E-state index is 9.22. The highest BCUT2D eigenvalue weighted by Gasteiger charge is 2.11. The van der Waals surface area contributed by atoms with E-state index >= 15 is 0 Å². The van der Waals surface area contributed by atoms with E-state index in [2.05, 4.69) is 10.1 Å². The zero-order chi connectivity index (χ0) is 13.9. The molecule has 0 fully saturated rings. The normalized spacial score (nSPS) is 11.8. The van der Waals surface area contributed by atoms with Crippen molar-refractivity contribution in [1.29, 1.82) is 0 Å². The topological polar surface area (TPSA) is 59.2 Å². The lowest BCUT2D eigenvalue weighted by atomic mass is 10.2. The van der Waals surface area contributed by atoms with Crippen LogP contribution in [-0.4, -0.2) is 15.2 Å². The lowest BCUT2D eigenvalue weighted by Crippen LogP contribution is -1.79. The number of nitrogens with zero attached hydrogens (tertiary/aromatic N) is 2. The molecule has 0 amide bonds. The van der Waals surface area contributed by atoms with Crippen molar-refractivity contribution in [3.05, 3.63) is 53.2 Å². The summed E-state index contributed by atoms with van der Waals surface area (Å²) in [5.74, 6) is 0.992. The van der Waals surface area contributed by atoms with Gasteiger partial charge in [-0.15, -0.1) is 11.3 Å². The zero-order valence-electron chi connectivity index (χ0n) is 10.2. The van der Waals surface area contributed by atoms with Crippen molar-refractivity contribution >= 4 is 34.0 Å². The molecule has 1 aromatic carbocycles. The minimum absolute atomic E-state index is 0.205. The Hall–Kier alpha value is -2.11. The lowest BCUT2D eigenvalue weighted by molar-refractivity contribution is 0.410. The van der Waals surface area contributed by atoms with Gasteiger partial charge in [-0.1, -0.05) is 35.0 Å². The molecule has 3 aromatic rings. The quantitative estimate of drug-likeness (QED) is 0.786. The third-order valence-corrected chi connectivity index (χ3v) is 3.69. The van der Waals surface area contributed by atoms with Crippen molar-refractivity contribution < 1.29 is 9.63 Å². The standard InChI is InChI=1S/C14H9ClN2O2S/c15-11(8-9-3-5-10(18)6-4-9)14-16-13(17-19-14)12-2-1-7-20-12/h1-8,18H/b11-8-. The van der Waals surface area contributed by atoms with E-state index < -0.39 is 0 Å². The number of phenolic OH excluding ortho intramolecular Hbond substituents is 1. The van der Waals surface area contributed by atoms with Crippen LogP contribution in [0.5, 0.6) is 5.75 Å². The van der Waals surface area contributed by atoms with E-state index in [1.54, 1.807) is 30.3 Å². The maximum Gasteiger partial charge on any atom is 0.269 e. The van der Waals surface area contributed by atoms with E-state index in [4.69, 9.17) is 16.1 Å². The summed E-state index contributed by atoms with van der Waals surface area (Å²) < 4.78 is 5.14. The van der Waals surface area contributed by atoms with E-state index in [-0.39, 0.29) is 11.6 Å². The number of benzene rings is 1. The van der Waals surface area contributed by atoms with Gasteiger partial charge in [-0.2, -0.15) is 4.98 Å². The molecular formula is C14H9ClN2O2S. The molecule has 0 aliphatic heterocycles. The van der Waals surface area contributed by atoms with Crippen molar-refractivity contribution in [3.63, 3.8) is 0 Å². The molecule has 3 rings (SSSR count). The molecule has 0 spiro atoms. The Balaban J connectivity index is 1.87. The Morgan fingerprint density at radius 3 is 2.75 bits per heavy atom. The SMILES string of the molecule is Oc1ccc(/C=C(\Cl)c2nc(-c3cccs3)no2)cc1. The first-order valence-corrected chi connectivity index (χ1v) is 7.02. The molecule has 0 aliphatic carbocycles. The number of hydrogen-bond acceptors (Lipinski definition) is 5. The van der Waals surface area contributed by atoms with E-state index in [1.165, 1.54) is 11.3 Å². The van der Waals surface area contributed by atoms with Gasteiger partial charge in [-0.3, -0.25) is 0 Å². The van der Waals surface area contributed by atoms with Crippen LogP contribution in [-0.2, 0) is 0 Å². The summed E-state index contributed by atoms with van der Waals surface area (Å²) in [5.41, 5.74) is 0.837. The average Bonchev–Trinajstić information content (AvgIpc) is 3.11. The monoisotopic (exact) mass is 304 g/mol. The minimum atomic E-state index is 0.205. The highest BCUT2D eigenvalue weighted by atomic mass is 35.5. The van der Waals surface area contributed by atoms with Crippen molar-refractivity contribution in [2.45, 2.75) is 0 Å². The van der Waals surface area contributed by atoms with Crippen LogP contribution in [0.25, 0.3) is 21.8 Å². The van der Waals surface area contributed by atoms with Crippen LogP contribution in [0.2, 0.25) is 0 Å². The van der Waals surface area contributed by atoms with E-state index in [0.717, 1.165) is 10.4 Å². The fourth-order valence-electron chi connectivity index (χ4n) is 1.60. The van der Waals surface area contributed by atoms with Gasteiger partial charge in [0.25, 0.3) is 5.89 Å². The van der Waals surface area contributed by atoms with Crippen LogP contribution in [0.15, 0.2) is 46.3 Å². The predicted octanol–water partition coefficient (Wildman–Crippen LogP) is 4.24. The Bertz CT molecular complexity index is 733. The number of halogens is 1. The third-order valence-electron chi connectivity index (χ3n) is 2.56. The fourth-order valence-corrected chi connectivity index (χ4v) is 2.46.